The number of ether oxygens (including phenoxy) is 3. The molecule has 0 amide bonds. The van der Waals surface area contributed by atoms with Crippen LogP contribution in [0.3, 0.4) is 0 Å². The van der Waals surface area contributed by atoms with E-state index in [0.29, 0.717) is 33.0 Å². The molecule has 18 heavy (non-hydrogen) atoms. The van der Waals surface area contributed by atoms with E-state index in [4.69, 9.17) is 19.9 Å². The molecule has 0 unspecified atom stereocenters. The van der Waals surface area contributed by atoms with Crippen LogP contribution in [0.5, 0.6) is 5.75 Å². The molecule has 0 aliphatic heterocycles. The van der Waals surface area contributed by atoms with Gasteiger partial charge in [0.25, 0.3) is 0 Å². The summed E-state index contributed by atoms with van der Waals surface area (Å²) in [7, 11) is 1.65. The molecule has 0 heterocycles. The van der Waals surface area contributed by atoms with Gasteiger partial charge in [-0.3, -0.25) is 0 Å². The van der Waals surface area contributed by atoms with Crippen LogP contribution in [0.2, 0.25) is 0 Å². The normalized spacial score (nSPS) is 10.7. The Morgan fingerprint density at radius 2 is 1.67 bits per heavy atom. The van der Waals surface area contributed by atoms with Gasteiger partial charge in [-0.05, 0) is 49.6 Å². The van der Waals surface area contributed by atoms with E-state index in [1.807, 2.05) is 12.1 Å². The van der Waals surface area contributed by atoms with Crippen LogP contribution in [0.1, 0.15) is 5.56 Å². The fourth-order valence-corrected chi connectivity index (χ4v) is 2.83. The van der Waals surface area contributed by atoms with Crippen molar-refractivity contribution < 1.29 is 14.2 Å². The summed E-state index contributed by atoms with van der Waals surface area (Å²) in [6, 6.07) is 3.90. The van der Waals surface area contributed by atoms with Crippen molar-refractivity contribution >= 4 is 31.9 Å². The van der Waals surface area contributed by atoms with Gasteiger partial charge >= 0.3 is 0 Å². The molecule has 1 rings (SSSR count). The summed E-state index contributed by atoms with van der Waals surface area (Å²) in [5.74, 6) is 0.766. The lowest BCUT2D eigenvalue weighted by molar-refractivity contribution is 0.0542. The van der Waals surface area contributed by atoms with Crippen LogP contribution in [-0.2, 0) is 16.0 Å². The van der Waals surface area contributed by atoms with Crippen molar-refractivity contribution in [3.63, 3.8) is 0 Å². The molecule has 0 bridgehead atoms. The van der Waals surface area contributed by atoms with Gasteiger partial charge in [-0.1, -0.05) is 0 Å². The Kier molecular flexibility index (Phi) is 7.85. The van der Waals surface area contributed by atoms with Gasteiger partial charge in [-0.25, -0.2) is 0 Å². The second-order valence-corrected chi connectivity index (χ2v) is 5.26. The number of halogens is 2. The zero-order chi connectivity index (χ0) is 13.4. The molecule has 4 nitrogen and oxygen atoms in total. The molecule has 0 saturated heterocycles. The molecule has 0 radical (unpaired) electrons. The molecule has 6 heteroatoms. The Morgan fingerprint density at radius 3 is 2.22 bits per heavy atom. The third-order valence-electron chi connectivity index (χ3n) is 2.20. The Balaban J connectivity index is 2.42. The molecule has 0 spiro atoms. The standard InChI is InChI=1S/C12H17Br2NO3/c1-16-2-3-17-4-5-18-12-10(13)6-9(8-15)7-11(12)14/h6-7H,2-5,8,15H2,1H3. The number of nitrogens with two attached hydrogens (primary N) is 1. The third-order valence-corrected chi connectivity index (χ3v) is 3.38. The zero-order valence-electron chi connectivity index (χ0n) is 10.2. The van der Waals surface area contributed by atoms with Crippen LogP contribution < -0.4 is 10.5 Å². The number of hydrogen-bond acceptors (Lipinski definition) is 4. The Hall–Kier alpha value is -0.140. The first-order chi connectivity index (χ1) is 8.69. The summed E-state index contributed by atoms with van der Waals surface area (Å²) in [6.45, 7) is 2.69. The molecule has 102 valence electrons. The summed E-state index contributed by atoms with van der Waals surface area (Å²) in [5, 5.41) is 0. The molecular weight excluding hydrogens is 366 g/mol. The summed E-state index contributed by atoms with van der Waals surface area (Å²) >= 11 is 6.92. The Labute approximate surface area is 124 Å². The SMILES string of the molecule is COCCOCCOc1c(Br)cc(CN)cc1Br. The van der Waals surface area contributed by atoms with Crippen LogP contribution in [0.25, 0.3) is 0 Å². The highest BCUT2D eigenvalue weighted by Gasteiger charge is 2.08. The highest BCUT2D eigenvalue weighted by atomic mass is 79.9. The first-order valence-corrected chi connectivity index (χ1v) is 7.15. The fraction of sp³-hybridized carbons (Fsp3) is 0.500. The topological polar surface area (TPSA) is 53.7 Å². The highest BCUT2D eigenvalue weighted by Crippen LogP contribution is 2.34. The first-order valence-electron chi connectivity index (χ1n) is 5.56. The summed E-state index contributed by atoms with van der Waals surface area (Å²) in [5.41, 5.74) is 6.63. The summed E-state index contributed by atoms with van der Waals surface area (Å²) in [6.07, 6.45) is 0. The zero-order valence-corrected chi connectivity index (χ0v) is 13.4. The van der Waals surface area contributed by atoms with Crippen LogP contribution in [0, 0.1) is 0 Å². The minimum atomic E-state index is 0.489. The van der Waals surface area contributed by atoms with Crippen molar-refractivity contribution in [2.24, 2.45) is 5.73 Å². The first kappa shape index (κ1) is 15.9. The summed E-state index contributed by atoms with van der Waals surface area (Å²) < 4.78 is 17.6. The molecule has 0 saturated carbocycles. The van der Waals surface area contributed by atoms with Crippen molar-refractivity contribution in [3.8, 4) is 5.75 Å². The number of methoxy groups -OCH3 is 1. The molecule has 2 N–H and O–H groups in total. The van der Waals surface area contributed by atoms with E-state index in [-0.39, 0.29) is 0 Å². The smallest absolute Gasteiger partial charge is 0.147 e. The number of rotatable bonds is 8. The van der Waals surface area contributed by atoms with Crippen molar-refractivity contribution in [2.45, 2.75) is 6.54 Å². The van der Waals surface area contributed by atoms with Gasteiger partial charge < -0.3 is 19.9 Å². The van der Waals surface area contributed by atoms with Gasteiger partial charge in [0, 0.05) is 13.7 Å². The second-order valence-electron chi connectivity index (χ2n) is 3.55. The lowest BCUT2D eigenvalue weighted by Crippen LogP contribution is -2.10. The predicted molar refractivity (Wildman–Crippen MR) is 77.9 cm³/mol. The van der Waals surface area contributed by atoms with Crippen molar-refractivity contribution in [1.29, 1.82) is 0 Å². The van der Waals surface area contributed by atoms with Gasteiger partial charge in [0.2, 0.25) is 0 Å². The van der Waals surface area contributed by atoms with E-state index in [1.165, 1.54) is 0 Å². The van der Waals surface area contributed by atoms with Gasteiger partial charge in [0.15, 0.2) is 0 Å². The minimum absolute atomic E-state index is 0.489. The van der Waals surface area contributed by atoms with E-state index >= 15 is 0 Å². The number of benzene rings is 1. The van der Waals surface area contributed by atoms with E-state index in [9.17, 15) is 0 Å². The molecule has 0 fully saturated rings. The van der Waals surface area contributed by atoms with Crippen LogP contribution in [-0.4, -0.2) is 33.5 Å². The van der Waals surface area contributed by atoms with E-state index in [1.54, 1.807) is 7.11 Å². The van der Waals surface area contributed by atoms with E-state index < -0.39 is 0 Å². The molecule has 1 aromatic rings. The predicted octanol–water partition coefficient (Wildman–Crippen LogP) is 2.71. The average Bonchev–Trinajstić information content (AvgIpc) is 2.35. The molecule has 0 atom stereocenters. The maximum absolute atomic E-state index is 5.65. The van der Waals surface area contributed by atoms with Gasteiger partial charge in [0.05, 0.1) is 28.8 Å². The lowest BCUT2D eigenvalue weighted by Gasteiger charge is -2.12. The largest absolute Gasteiger partial charge is 0.489 e. The molecule has 1 aromatic carbocycles. The molecule has 0 aliphatic carbocycles. The average molecular weight is 383 g/mol. The fourth-order valence-electron chi connectivity index (χ4n) is 1.32. The quantitative estimate of drug-likeness (QED) is 0.702. The van der Waals surface area contributed by atoms with Crippen molar-refractivity contribution in [2.75, 3.05) is 33.5 Å². The molecule has 0 aromatic heterocycles. The van der Waals surface area contributed by atoms with Gasteiger partial charge in [-0.15, -0.1) is 0 Å². The highest BCUT2D eigenvalue weighted by molar-refractivity contribution is 9.11. The third kappa shape index (κ3) is 5.24. The summed E-state index contributed by atoms with van der Waals surface area (Å²) in [4.78, 5) is 0. The van der Waals surface area contributed by atoms with Crippen LogP contribution in [0.15, 0.2) is 21.1 Å². The van der Waals surface area contributed by atoms with Gasteiger partial charge in [-0.2, -0.15) is 0 Å². The van der Waals surface area contributed by atoms with Crippen LogP contribution in [0.4, 0.5) is 0 Å². The maximum Gasteiger partial charge on any atom is 0.147 e. The minimum Gasteiger partial charge on any atom is -0.489 e. The van der Waals surface area contributed by atoms with Gasteiger partial charge in [0.1, 0.15) is 12.4 Å². The van der Waals surface area contributed by atoms with Crippen molar-refractivity contribution in [3.05, 3.63) is 26.6 Å². The van der Waals surface area contributed by atoms with Crippen LogP contribution >= 0.6 is 31.9 Å². The Morgan fingerprint density at radius 1 is 1.06 bits per heavy atom. The Bertz CT molecular complexity index is 351. The maximum atomic E-state index is 5.65. The van der Waals surface area contributed by atoms with E-state index in [0.717, 1.165) is 20.3 Å². The molecular formula is C12H17Br2NO3. The van der Waals surface area contributed by atoms with Crippen molar-refractivity contribution in [1.82, 2.24) is 0 Å². The van der Waals surface area contributed by atoms with E-state index in [2.05, 4.69) is 31.9 Å². The molecule has 0 aliphatic rings. The lowest BCUT2D eigenvalue weighted by atomic mass is 10.2. The number of hydrogen-bond donors (Lipinski definition) is 1. The second kappa shape index (κ2) is 8.87. The monoisotopic (exact) mass is 381 g/mol.